The first-order valence-corrected chi connectivity index (χ1v) is 17.8. The third-order valence-corrected chi connectivity index (χ3v) is 13.8. The first kappa shape index (κ1) is 31.2. The zero-order valence-corrected chi connectivity index (χ0v) is 28.0. The first-order valence-electron chi connectivity index (χ1n) is 17.8. The molecule has 0 aromatic rings. The molecule has 0 radical (unpaired) electrons. The van der Waals surface area contributed by atoms with E-state index in [0.29, 0.717) is 0 Å². The van der Waals surface area contributed by atoms with Gasteiger partial charge in [0.05, 0.1) is 0 Å². The van der Waals surface area contributed by atoms with Crippen molar-refractivity contribution in [2.75, 3.05) is 27.2 Å². The zero-order chi connectivity index (χ0) is 34.5. The highest BCUT2D eigenvalue weighted by Gasteiger charge is 2.69. The predicted octanol–water partition coefficient (Wildman–Crippen LogP) is 1.25. The van der Waals surface area contributed by atoms with Crippen molar-refractivity contribution in [2.45, 2.75) is 86.6 Å². The average Bonchev–Trinajstić information content (AvgIpc) is 3.63. The van der Waals surface area contributed by atoms with Crippen molar-refractivity contribution in [3.8, 4) is 0 Å². The minimum atomic E-state index is -2.13. The van der Waals surface area contributed by atoms with Gasteiger partial charge in [-0.3, -0.25) is 0 Å². The number of hydrogen-bond donors (Lipinski definition) is 4. The lowest BCUT2D eigenvalue weighted by atomic mass is 9.51. The second-order valence-electron chi connectivity index (χ2n) is 16.0. The lowest BCUT2D eigenvalue weighted by Crippen LogP contribution is -2.62. The Morgan fingerprint density at radius 3 is 1.58 bits per heavy atom. The summed E-state index contributed by atoms with van der Waals surface area (Å²) in [6, 6.07) is 0.461. The quantitative estimate of drug-likeness (QED) is 0.146. The lowest BCUT2D eigenvalue weighted by Gasteiger charge is -2.58. The Labute approximate surface area is 289 Å². The number of hydrogen-bond acceptors (Lipinski definition) is 12. The van der Waals surface area contributed by atoms with Gasteiger partial charge < -0.3 is 49.2 Å². The van der Waals surface area contributed by atoms with E-state index in [9.17, 15) is 30.0 Å². The summed E-state index contributed by atoms with van der Waals surface area (Å²) in [4.78, 5) is 31.1. The maximum absolute atomic E-state index is 13.2. The van der Waals surface area contributed by atoms with Crippen LogP contribution in [0.5, 0.6) is 0 Å². The van der Waals surface area contributed by atoms with E-state index in [1.54, 1.807) is 12.2 Å². The number of aliphatic hydroxyl groups is 4. The molecule has 12 nitrogen and oxygen atoms in total. The predicted molar refractivity (Wildman–Crippen MR) is 174 cm³/mol. The van der Waals surface area contributed by atoms with Gasteiger partial charge in [0.1, 0.15) is 24.4 Å². The van der Waals surface area contributed by atoms with Crippen molar-refractivity contribution in [2.24, 2.45) is 22.7 Å². The molecule has 10 aliphatic rings. The Kier molecular flexibility index (Phi) is 6.30. The van der Waals surface area contributed by atoms with Gasteiger partial charge in [-0.05, 0) is 64.0 Å². The summed E-state index contributed by atoms with van der Waals surface area (Å²) in [5, 5.41) is 45.7. The number of ether oxygens (including phenoxy) is 4. The number of aliphatic hydroxyl groups excluding tert-OH is 2. The molecule has 50 heavy (non-hydrogen) atoms. The third-order valence-electron chi connectivity index (χ3n) is 13.8. The normalized spacial score (nSPS) is 47.6. The van der Waals surface area contributed by atoms with E-state index >= 15 is 0 Å². The Balaban J connectivity index is 0.889. The van der Waals surface area contributed by atoms with Crippen molar-refractivity contribution in [3.05, 3.63) is 82.4 Å². The van der Waals surface area contributed by atoms with Crippen molar-refractivity contribution in [1.29, 1.82) is 0 Å². The van der Waals surface area contributed by atoms with Crippen molar-refractivity contribution >= 4 is 11.9 Å². The highest BCUT2D eigenvalue weighted by molar-refractivity contribution is 5.92. The standard InChI is InChI=1S/C38H42N2O10/c1-39-15-13-35-21-3-5-25(41)31(35)47-33-29(35)19(17-23(21)39)9-11-37(33,45)49-27(43)7-8-28(44)50-38(46)12-10-20-18-24-22-4-6-26(42)32-36(22,14-16-40(24)2)30(20)34(38)48-32/h3-10,21-26,31-32,41-42,45-46H,11-18H2,1-2H3/b8-7+/t21-,22-,23+,24+,25-,26-,31-,32-,35-,36-,37?,38?/m0/s1. The van der Waals surface area contributed by atoms with E-state index in [0.717, 1.165) is 73.2 Å². The molecule has 2 saturated carbocycles. The molecule has 0 aromatic carbocycles. The fourth-order valence-electron chi connectivity index (χ4n) is 11.7. The van der Waals surface area contributed by atoms with Gasteiger partial charge in [-0.2, -0.15) is 0 Å². The Morgan fingerprint density at radius 2 is 1.16 bits per heavy atom. The molecule has 2 saturated heterocycles. The summed E-state index contributed by atoms with van der Waals surface area (Å²) >= 11 is 0. The minimum Gasteiger partial charge on any atom is -0.483 e. The van der Waals surface area contributed by atoms with Gasteiger partial charge in [0.25, 0.3) is 11.6 Å². The number of nitrogens with zero attached hydrogens (tertiary/aromatic N) is 2. The van der Waals surface area contributed by atoms with E-state index in [1.807, 2.05) is 12.2 Å². The van der Waals surface area contributed by atoms with Crippen molar-refractivity contribution in [3.63, 3.8) is 0 Å². The fourth-order valence-corrected chi connectivity index (χ4v) is 11.7. The van der Waals surface area contributed by atoms with Crippen LogP contribution < -0.4 is 0 Å². The molecule has 12 heteroatoms. The van der Waals surface area contributed by atoms with E-state index in [1.165, 1.54) is 0 Å². The molecular weight excluding hydrogens is 644 g/mol. The molecule has 4 heterocycles. The molecule has 4 fully saturated rings. The lowest BCUT2D eigenvalue weighted by molar-refractivity contribution is -0.208. The van der Waals surface area contributed by atoms with Gasteiger partial charge in [-0.25, -0.2) is 9.59 Å². The Hall–Kier alpha value is -3.52. The highest BCUT2D eigenvalue weighted by Crippen LogP contribution is 2.67. The average molecular weight is 687 g/mol. The summed E-state index contributed by atoms with van der Waals surface area (Å²) in [5.74, 6) is -5.79. The SMILES string of the molecule is CN1CC[C@]23C4=C5O[C@H]2[C@@H](O)C=C[C@H]3[C@H]1CC4=CCC5(O)OC(=O)/C=C/C(=O)OC1(O)CC=C2C[C@@H]3[C@@H]4C=C[C@H](O)[C@@H]5OC1=C2[C@]45CCN3C. The molecular formula is C38H42N2O10. The van der Waals surface area contributed by atoms with Crippen molar-refractivity contribution in [1.82, 2.24) is 9.80 Å². The van der Waals surface area contributed by atoms with E-state index < -0.39 is 58.8 Å². The Morgan fingerprint density at radius 1 is 0.740 bits per heavy atom. The number of carbonyl (C=O) groups excluding carboxylic acids is 2. The first-order chi connectivity index (χ1) is 23.9. The smallest absolute Gasteiger partial charge is 0.333 e. The number of rotatable bonds is 4. The molecule has 10 rings (SSSR count). The van der Waals surface area contributed by atoms with Crippen LogP contribution in [0.3, 0.4) is 0 Å². The Bertz CT molecular complexity index is 1710. The number of esters is 2. The summed E-state index contributed by atoms with van der Waals surface area (Å²) in [6.07, 6.45) is 13.1. The molecule has 2 unspecified atom stereocenters. The van der Waals surface area contributed by atoms with Crippen LogP contribution in [0.25, 0.3) is 0 Å². The minimum absolute atomic E-state index is 0.0391. The van der Waals surface area contributed by atoms with Gasteiger partial charge in [0, 0.05) is 70.9 Å². The summed E-state index contributed by atoms with van der Waals surface area (Å²) in [7, 11) is 4.22. The molecule has 4 N–H and O–H groups in total. The largest absolute Gasteiger partial charge is 0.483 e. The number of piperidine rings is 2. The van der Waals surface area contributed by atoms with Gasteiger partial charge >= 0.3 is 11.9 Å². The summed E-state index contributed by atoms with van der Waals surface area (Å²) in [6.45, 7) is 1.61. The molecule has 12 atom stereocenters. The number of likely N-dealkylation sites (tertiary alicyclic amines) is 2. The highest BCUT2D eigenvalue weighted by atomic mass is 16.7. The molecule has 4 bridgehead atoms. The maximum atomic E-state index is 13.2. The second-order valence-corrected chi connectivity index (χ2v) is 16.0. The van der Waals surface area contributed by atoms with Crippen LogP contribution in [-0.4, -0.2) is 117 Å². The molecule has 0 aromatic heterocycles. The van der Waals surface area contributed by atoms with Gasteiger partial charge in [0.15, 0.2) is 11.5 Å². The van der Waals surface area contributed by atoms with Crippen LogP contribution >= 0.6 is 0 Å². The van der Waals surface area contributed by atoms with Crippen LogP contribution in [0.1, 0.15) is 38.5 Å². The second kappa shape index (κ2) is 10.1. The van der Waals surface area contributed by atoms with Crippen LogP contribution in [0.2, 0.25) is 0 Å². The van der Waals surface area contributed by atoms with E-state index in [4.69, 9.17) is 18.9 Å². The van der Waals surface area contributed by atoms with Gasteiger partial charge in [0.2, 0.25) is 0 Å². The molecule has 0 amide bonds. The van der Waals surface area contributed by atoms with E-state index in [-0.39, 0.29) is 48.3 Å². The summed E-state index contributed by atoms with van der Waals surface area (Å²) in [5.41, 5.74) is 2.66. The molecule has 2 spiro atoms. The van der Waals surface area contributed by atoms with Crippen LogP contribution in [0.4, 0.5) is 0 Å². The van der Waals surface area contributed by atoms with E-state index in [2.05, 4.69) is 36.0 Å². The zero-order valence-electron chi connectivity index (χ0n) is 28.0. The van der Waals surface area contributed by atoms with Gasteiger partial charge in [-0.15, -0.1) is 0 Å². The molecule has 264 valence electrons. The fraction of sp³-hybridized carbons (Fsp3) is 0.579. The maximum Gasteiger partial charge on any atom is 0.333 e. The molecule has 6 aliphatic carbocycles. The monoisotopic (exact) mass is 686 g/mol. The summed E-state index contributed by atoms with van der Waals surface area (Å²) < 4.78 is 24.0. The van der Waals surface area contributed by atoms with Crippen LogP contribution in [-0.2, 0) is 28.5 Å². The number of carbonyl (C=O) groups is 2. The third kappa shape index (κ3) is 3.76. The van der Waals surface area contributed by atoms with Crippen LogP contribution in [0, 0.1) is 22.7 Å². The topological polar surface area (TPSA) is 158 Å². The van der Waals surface area contributed by atoms with Crippen molar-refractivity contribution < 1.29 is 49.0 Å². The van der Waals surface area contributed by atoms with Gasteiger partial charge in [-0.1, -0.05) is 36.5 Å². The van der Waals surface area contributed by atoms with Crippen LogP contribution in [0.15, 0.2) is 82.4 Å². The molecule has 4 aliphatic heterocycles.